The molecule has 11 heteroatoms. The number of rotatable bonds is 5. The molecule has 2 aromatic rings. The van der Waals surface area contributed by atoms with Gasteiger partial charge in [0, 0.05) is 82.4 Å². The number of hydrogen-bond donors (Lipinski definition) is 0. The van der Waals surface area contributed by atoms with Crippen LogP contribution in [0.3, 0.4) is 0 Å². The van der Waals surface area contributed by atoms with Gasteiger partial charge in [0.2, 0.25) is 11.8 Å². The number of alkyl halides is 3. The molecule has 3 heterocycles. The van der Waals surface area contributed by atoms with Gasteiger partial charge in [-0.15, -0.1) is 0 Å². The van der Waals surface area contributed by atoms with Crippen molar-refractivity contribution in [1.82, 2.24) is 14.7 Å². The Morgan fingerprint density at radius 3 is 2.02 bits per heavy atom. The summed E-state index contributed by atoms with van der Waals surface area (Å²) in [4.78, 5) is 46.4. The van der Waals surface area contributed by atoms with Crippen LogP contribution in [0.2, 0.25) is 0 Å². The van der Waals surface area contributed by atoms with Crippen LogP contribution in [0.1, 0.15) is 53.6 Å². The lowest BCUT2D eigenvalue weighted by molar-refractivity contribution is -0.141. The Labute approximate surface area is 250 Å². The number of hydrogen-bond acceptors (Lipinski definition) is 5. The zero-order valence-corrected chi connectivity index (χ0v) is 24.7. The van der Waals surface area contributed by atoms with E-state index in [0.29, 0.717) is 69.8 Å². The van der Waals surface area contributed by atoms with Gasteiger partial charge >= 0.3 is 6.18 Å². The van der Waals surface area contributed by atoms with Gasteiger partial charge in [0.15, 0.2) is 0 Å². The molecule has 3 aliphatic heterocycles. The minimum absolute atomic E-state index is 0.00230. The minimum Gasteiger partial charge on any atom is -0.378 e. The predicted molar refractivity (Wildman–Crippen MR) is 156 cm³/mol. The zero-order chi connectivity index (χ0) is 30.7. The van der Waals surface area contributed by atoms with Crippen LogP contribution in [-0.2, 0) is 20.5 Å². The molecule has 2 unspecified atom stereocenters. The third-order valence-electron chi connectivity index (χ3n) is 9.15. The average Bonchev–Trinajstić information content (AvgIpc) is 3.03. The molecule has 232 valence electrons. The molecule has 43 heavy (non-hydrogen) atoms. The summed E-state index contributed by atoms with van der Waals surface area (Å²) in [5.41, 5.74) is 1.47. The summed E-state index contributed by atoms with van der Waals surface area (Å²) in [5, 5.41) is 0. The number of carbonyl (C=O) groups excluding carboxylic acids is 3. The second kappa shape index (κ2) is 13.0. The fourth-order valence-electron chi connectivity index (χ4n) is 6.54. The molecule has 0 N–H and O–H groups in total. The van der Waals surface area contributed by atoms with Crippen molar-refractivity contribution in [2.75, 3.05) is 64.4 Å². The first-order chi connectivity index (χ1) is 20.5. The van der Waals surface area contributed by atoms with Crippen LogP contribution in [0.5, 0.6) is 0 Å². The van der Waals surface area contributed by atoms with Crippen molar-refractivity contribution in [1.29, 1.82) is 0 Å². The molecule has 2 aromatic carbocycles. The van der Waals surface area contributed by atoms with Crippen molar-refractivity contribution in [3.8, 4) is 0 Å². The van der Waals surface area contributed by atoms with Crippen LogP contribution in [0.25, 0.3) is 0 Å². The van der Waals surface area contributed by atoms with Crippen molar-refractivity contribution in [3.05, 3.63) is 65.2 Å². The SMILES string of the molecule is CC(=O)N1CCC(C(=O)N2CCC(N(C)C(=O)c3ccc(N4CCOCC4)cc3)C(c3ccc(C(F)(F)F)cc3)C2)CC1. The van der Waals surface area contributed by atoms with E-state index in [1.165, 1.54) is 19.1 Å². The number of carbonyl (C=O) groups is 3. The highest BCUT2D eigenvalue weighted by Crippen LogP contribution is 2.35. The number of morpholine rings is 1. The molecule has 0 aliphatic carbocycles. The van der Waals surface area contributed by atoms with Gasteiger partial charge in [-0.2, -0.15) is 13.2 Å². The Kier molecular flexibility index (Phi) is 9.29. The molecule has 8 nitrogen and oxygen atoms in total. The quantitative estimate of drug-likeness (QED) is 0.513. The Bertz CT molecular complexity index is 1290. The summed E-state index contributed by atoms with van der Waals surface area (Å²) in [6, 6.07) is 12.2. The van der Waals surface area contributed by atoms with Gasteiger partial charge in [0.05, 0.1) is 18.8 Å². The maximum absolute atomic E-state index is 13.7. The molecule has 0 aromatic heterocycles. The van der Waals surface area contributed by atoms with E-state index in [-0.39, 0.29) is 35.6 Å². The van der Waals surface area contributed by atoms with Gasteiger partial charge in [0.1, 0.15) is 0 Å². The van der Waals surface area contributed by atoms with Gasteiger partial charge in [0.25, 0.3) is 5.91 Å². The number of ether oxygens (including phenoxy) is 1. The lowest BCUT2D eigenvalue weighted by atomic mass is 9.83. The van der Waals surface area contributed by atoms with Crippen LogP contribution in [0.15, 0.2) is 48.5 Å². The van der Waals surface area contributed by atoms with Crippen molar-refractivity contribution >= 4 is 23.4 Å². The van der Waals surface area contributed by atoms with E-state index in [1.807, 2.05) is 24.3 Å². The van der Waals surface area contributed by atoms with Crippen molar-refractivity contribution in [2.45, 2.75) is 44.3 Å². The molecule has 5 rings (SSSR count). The fourth-order valence-corrected chi connectivity index (χ4v) is 6.54. The lowest BCUT2D eigenvalue weighted by Gasteiger charge is -2.44. The molecular weight excluding hydrogens is 561 g/mol. The van der Waals surface area contributed by atoms with Crippen LogP contribution in [0, 0.1) is 5.92 Å². The van der Waals surface area contributed by atoms with Crippen LogP contribution in [0.4, 0.5) is 18.9 Å². The molecular formula is C32H39F3N4O4. The van der Waals surface area contributed by atoms with Crippen molar-refractivity contribution in [2.24, 2.45) is 5.92 Å². The second-order valence-corrected chi connectivity index (χ2v) is 11.7. The van der Waals surface area contributed by atoms with E-state index in [9.17, 15) is 27.6 Å². The number of benzene rings is 2. The first-order valence-electron chi connectivity index (χ1n) is 14.9. The van der Waals surface area contributed by atoms with Gasteiger partial charge in [-0.1, -0.05) is 12.1 Å². The molecule has 3 fully saturated rings. The molecule has 3 saturated heterocycles. The first-order valence-corrected chi connectivity index (χ1v) is 14.9. The van der Waals surface area contributed by atoms with E-state index >= 15 is 0 Å². The molecule has 2 atom stereocenters. The molecule has 0 spiro atoms. The molecule has 0 radical (unpaired) electrons. The number of amides is 3. The Morgan fingerprint density at radius 2 is 1.44 bits per heavy atom. The number of likely N-dealkylation sites (tertiary alicyclic amines) is 2. The summed E-state index contributed by atoms with van der Waals surface area (Å²) in [6.45, 7) is 6.23. The summed E-state index contributed by atoms with van der Waals surface area (Å²) in [5.74, 6) is -0.737. The Morgan fingerprint density at radius 1 is 0.837 bits per heavy atom. The van der Waals surface area contributed by atoms with Gasteiger partial charge in [-0.3, -0.25) is 14.4 Å². The summed E-state index contributed by atoms with van der Waals surface area (Å²) < 4.78 is 45.4. The standard InChI is InChI=1S/C32H39F3N4O4/c1-22(40)37-14-11-25(12-15-37)31(42)39-16-13-29(28(21-39)23-3-7-26(8-4-23)32(33,34)35)36(2)30(41)24-5-9-27(10-6-24)38-17-19-43-20-18-38/h3-10,25,28-29H,11-21H2,1-2H3. The molecule has 0 saturated carbocycles. The highest BCUT2D eigenvalue weighted by Gasteiger charge is 2.39. The van der Waals surface area contributed by atoms with E-state index < -0.39 is 11.7 Å². The largest absolute Gasteiger partial charge is 0.416 e. The minimum atomic E-state index is -4.46. The second-order valence-electron chi connectivity index (χ2n) is 11.7. The van der Waals surface area contributed by atoms with Gasteiger partial charge in [-0.05, 0) is 61.2 Å². The topological polar surface area (TPSA) is 73.4 Å². The predicted octanol–water partition coefficient (Wildman–Crippen LogP) is 4.26. The van der Waals surface area contributed by atoms with E-state index in [4.69, 9.17) is 4.74 Å². The number of halogens is 3. The third kappa shape index (κ3) is 6.98. The van der Waals surface area contributed by atoms with Crippen LogP contribution < -0.4 is 4.90 Å². The fraction of sp³-hybridized carbons (Fsp3) is 0.531. The highest BCUT2D eigenvalue weighted by atomic mass is 19.4. The van der Waals surface area contributed by atoms with E-state index in [0.717, 1.165) is 30.9 Å². The van der Waals surface area contributed by atoms with Crippen molar-refractivity contribution < 1.29 is 32.3 Å². The number of anilines is 1. The smallest absolute Gasteiger partial charge is 0.378 e. The van der Waals surface area contributed by atoms with Gasteiger partial charge < -0.3 is 24.3 Å². The number of nitrogens with zero attached hydrogens (tertiary/aromatic N) is 4. The normalized spacial score (nSPS) is 21.9. The van der Waals surface area contributed by atoms with E-state index in [2.05, 4.69) is 4.90 Å². The summed E-state index contributed by atoms with van der Waals surface area (Å²) in [7, 11) is 1.73. The maximum Gasteiger partial charge on any atom is 0.416 e. The molecule has 3 amide bonds. The van der Waals surface area contributed by atoms with Crippen LogP contribution >= 0.6 is 0 Å². The zero-order valence-electron chi connectivity index (χ0n) is 24.7. The number of likely N-dealkylation sites (N-methyl/N-ethyl adjacent to an activating group) is 1. The van der Waals surface area contributed by atoms with Crippen LogP contribution in [-0.4, -0.2) is 98.0 Å². The monoisotopic (exact) mass is 600 g/mol. The summed E-state index contributed by atoms with van der Waals surface area (Å²) >= 11 is 0. The molecule has 3 aliphatic rings. The Hall–Kier alpha value is -3.60. The third-order valence-corrected chi connectivity index (χ3v) is 9.15. The average molecular weight is 601 g/mol. The maximum atomic E-state index is 13.7. The first kappa shape index (κ1) is 30.8. The molecule has 0 bridgehead atoms. The number of piperidine rings is 2. The Balaban J connectivity index is 1.34. The van der Waals surface area contributed by atoms with E-state index in [1.54, 1.807) is 21.7 Å². The summed E-state index contributed by atoms with van der Waals surface area (Å²) in [6.07, 6.45) is -2.79. The lowest BCUT2D eigenvalue weighted by Crippen LogP contribution is -2.53. The van der Waals surface area contributed by atoms with Crippen molar-refractivity contribution in [3.63, 3.8) is 0 Å². The highest BCUT2D eigenvalue weighted by molar-refractivity contribution is 5.94. The van der Waals surface area contributed by atoms with Gasteiger partial charge in [-0.25, -0.2) is 0 Å².